The minimum atomic E-state index is -3.92. The molecule has 0 atom stereocenters. The molecular formula is C24H18BrN3O4S. The molecule has 0 radical (unpaired) electrons. The molecule has 4 aromatic carbocycles. The molecule has 0 saturated heterocycles. The highest BCUT2D eigenvalue weighted by molar-refractivity contribution is 9.10. The highest BCUT2D eigenvalue weighted by atomic mass is 79.9. The molecule has 4 rings (SSSR count). The number of aryl methyl sites for hydroxylation is 1. The number of carbonyl (C=O) groups is 1. The fourth-order valence-electron chi connectivity index (χ4n) is 3.26. The van der Waals surface area contributed by atoms with Crippen LogP contribution in [0.3, 0.4) is 0 Å². The van der Waals surface area contributed by atoms with Crippen LogP contribution in [0.1, 0.15) is 15.9 Å². The molecule has 0 aromatic heterocycles. The van der Waals surface area contributed by atoms with Crippen molar-refractivity contribution in [2.45, 2.75) is 11.8 Å². The van der Waals surface area contributed by atoms with Crippen LogP contribution in [-0.4, -0.2) is 19.4 Å². The highest BCUT2D eigenvalue weighted by Gasteiger charge is 2.18. The molecule has 9 heteroatoms. The van der Waals surface area contributed by atoms with Crippen LogP contribution in [0.2, 0.25) is 0 Å². The van der Waals surface area contributed by atoms with E-state index in [0.717, 1.165) is 10.0 Å². The number of anilines is 1. The standard InChI is InChI=1S/C24H18BrN3O4S/c1-15-5-4-6-16(13-15)24(30)27-26-22-14-21(19-7-2-3-8-20(19)23(22)29)28-33(31,32)18-11-9-17(25)10-12-18/h2-14,28-29H,1H3. The minimum absolute atomic E-state index is 0.0387. The average molecular weight is 524 g/mol. The van der Waals surface area contributed by atoms with Gasteiger partial charge in [-0.05, 0) is 49.4 Å². The van der Waals surface area contributed by atoms with E-state index in [4.69, 9.17) is 0 Å². The lowest BCUT2D eigenvalue weighted by molar-refractivity contribution is 0.0995. The molecule has 166 valence electrons. The zero-order valence-electron chi connectivity index (χ0n) is 17.4. The Labute approximate surface area is 199 Å². The van der Waals surface area contributed by atoms with E-state index < -0.39 is 15.9 Å². The van der Waals surface area contributed by atoms with Gasteiger partial charge in [0.15, 0.2) is 5.75 Å². The molecule has 0 saturated carbocycles. The number of nitrogens with zero attached hydrogens (tertiary/aromatic N) is 2. The Kier molecular flexibility index (Phi) is 6.26. The smallest absolute Gasteiger partial charge is 0.295 e. The van der Waals surface area contributed by atoms with Gasteiger partial charge in [0.25, 0.3) is 15.9 Å². The molecule has 0 heterocycles. The average Bonchev–Trinajstić information content (AvgIpc) is 2.80. The molecule has 33 heavy (non-hydrogen) atoms. The summed E-state index contributed by atoms with van der Waals surface area (Å²) >= 11 is 3.29. The SMILES string of the molecule is Cc1cccc(C(=O)N=Nc2cc(NS(=O)(=O)c3ccc(Br)cc3)c3ccccc3c2O)c1. The Morgan fingerprint density at radius 2 is 1.64 bits per heavy atom. The molecule has 0 aliphatic heterocycles. The molecule has 4 aromatic rings. The van der Waals surface area contributed by atoms with E-state index in [-0.39, 0.29) is 22.0 Å². The second-order valence-electron chi connectivity index (χ2n) is 7.27. The van der Waals surface area contributed by atoms with Crippen molar-refractivity contribution >= 4 is 54.0 Å². The number of azo groups is 1. The van der Waals surface area contributed by atoms with Crippen molar-refractivity contribution in [3.8, 4) is 5.75 Å². The Morgan fingerprint density at radius 3 is 2.33 bits per heavy atom. The van der Waals surface area contributed by atoms with Crippen molar-refractivity contribution in [2.24, 2.45) is 10.2 Å². The second kappa shape index (κ2) is 9.13. The number of phenols is 1. The summed E-state index contributed by atoms with van der Waals surface area (Å²) in [5, 5.41) is 19.2. The summed E-state index contributed by atoms with van der Waals surface area (Å²) in [6, 6.07) is 21.2. The maximum Gasteiger partial charge on any atom is 0.295 e. The number of nitrogens with one attached hydrogen (secondary N) is 1. The lowest BCUT2D eigenvalue weighted by atomic mass is 10.1. The van der Waals surface area contributed by atoms with Crippen molar-refractivity contribution < 1.29 is 18.3 Å². The Bertz CT molecular complexity index is 1500. The first kappa shape index (κ1) is 22.6. The van der Waals surface area contributed by atoms with Gasteiger partial charge in [-0.15, -0.1) is 10.2 Å². The first-order valence-corrected chi connectivity index (χ1v) is 12.1. The fourth-order valence-corrected chi connectivity index (χ4v) is 4.59. The summed E-state index contributed by atoms with van der Waals surface area (Å²) in [6.07, 6.45) is 0. The van der Waals surface area contributed by atoms with Crippen LogP contribution >= 0.6 is 15.9 Å². The molecule has 0 fully saturated rings. The van der Waals surface area contributed by atoms with Crippen LogP contribution in [0, 0.1) is 6.92 Å². The van der Waals surface area contributed by atoms with Gasteiger partial charge in [0, 0.05) is 20.8 Å². The molecule has 1 amide bonds. The number of carbonyl (C=O) groups excluding carboxylic acids is 1. The normalized spacial score (nSPS) is 11.7. The highest BCUT2D eigenvalue weighted by Crippen LogP contribution is 2.40. The van der Waals surface area contributed by atoms with Crippen LogP contribution in [0.4, 0.5) is 11.4 Å². The predicted octanol–water partition coefficient (Wildman–Crippen LogP) is 6.34. The molecular weight excluding hydrogens is 506 g/mol. The number of rotatable bonds is 5. The quantitative estimate of drug-likeness (QED) is 0.235. The number of amides is 1. The van der Waals surface area contributed by atoms with Gasteiger partial charge >= 0.3 is 0 Å². The van der Waals surface area contributed by atoms with E-state index in [2.05, 4.69) is 30.9 Å². The van der Waals surface area contributed by atoms with Gasteiger partial charge < -0.3 is 5.11 Å². The Hall–Kier alpha value is -3.56. The number of halogens is 1. The van der Waals surface area contributed by atoms with Crippen molar-refractivity contribution in [1.29, 1.82) is 0 Å². The number of hydrogen-bond donors (Lipinski definition) is 2. The summed E-state index contributed by atoms with van der Waals surface area (Å²) < 4.78 is 29.2. The van der Waals surface area contributed by atoms with Crippen molar-refractivity contribution in [3.63, 3.8) is 0 Å². The van der Waals surface area contributed by atoms with Gasteiger partial charge in [0.05, 0.1) is 10.6 Å². The zero-order chi connectivity index (χ0) is 23.6. The number of fused-ring (bicyclic) bond motifs is 1. The number of hydrogen-bond acceptors (Lipinski definition) is 5. The second-order valence-corrected chi connectivity index (χ2v) is 9.87. The molecule has 2 N–H and O–H groups in total. The first-order valence-electron chi connectivity index (χ1n) is 9.80. The number of phenolic OH excluding ortho intramolecular Hbond substituents is 1. The van der Waals surface area contributed by atoms with Gasteiger partial charge in [-0.2, -0.15) is 0 Å². The van der Waals surface area contributed by atoms with E-state index in [1.54, 1.807) is 54.6 Å². The van der Waals surface area contributed by atoms with Crippen molar-refractivity contribution in [2.75, 3.05) is 4.72 Å². The molecule has 0 aliphatic rings. The van der Waals surface area contributed by atoms with Gasteiger partial charge in [0.1, 0.15) is 5.69 Å². The first-order chi connectivity index (χ1) is 15.7. The largest absolute Gasteiger partial charge is 0.505 e. The topological polar surface area (TPSA) is 108 Å². The van der Waals surface area contributed by atoms with E-state index in [9.17, 15) is 18.3 Å². The van der Waals surface area contributed by atoms with E-state index in [1.165, 1.54) is 18.2 Å². The molecule has 0 spiro atoms. The Balaban J connectivity index is 1.75. The summed E-state index contributed by atoms with van der Waals surface area (Å²) in [7, 11) is -3.92. The van der Waals surface area contributed by atoms with Crippen molar-refractivity contribution in [1.82, 2.24) is 0 Å². The fraction of sp³-hybridized carbons (Fsp3) is 0.0417. The third-order valence-corrected chi connectivity index (χ3v) is 6.79. The summed E-state index contributed by atoms with van der Waals surface area (Å²) in [4.78, 5) is 12.5. The van der Waals surface area contributed by atoms with Crippen LogP contribution in [0.25, 0.3) is 10.8 Å². The minimum Gasteiger partial charge on any atom is -0.505 e. The van der Waals surface area contributed by atoms with E-state index in [0.29, 0.717) is 16.3 Å². The zero-order valence-corrected chi connectivity index (χ0v) is 19.8. The monoisotopic (exact) mass is 523 g/mol. The maximum atomic E-state index is 12.9. The van der Waals surface area contributed by atoms with E-state index >= 15 is 0 Å². The molecule has 7 nitrogen and oxygen atoms in total. The van der Waals surface area contributed by atoms with Crippen LogP contribution in [0.5, 0.6) is 5.75 Å². The summed E-state index contributed by atoms with van der Waals surface area (Å²) in [5.74, 6) is -0.791. The predicted molar refractivity (Wildman–Crippen MR) is 131 cm³/mol. The van der Waals surface area contributed by atoms with Crippen LogP contribution in [-0.2, 0) is 10.0 Å². The lowest BCUT2D eigenvalue weighted by Crippen LogP contribution is -2.13. The van der Waals surface area contributed by atoms with Crippen molar-refractivity contribution in [3.05, 3.63) is 94.5 Å². The van der Waals surface area contributed by atoms with E-state index in [1.807, 2.05) is 13.0 Å². The maximum absolute atomic E-state index is 12.9. The van der Waals surface area contributed by atoms with Gasteiger partial charge in [-0.3, -0.25) is 9.52 Å². The number of aromatic hydroxyl groups is 1. The number of benzene rings is 4. The van der Waals surface area contributed by atoms with Crippen LogP contribution in [0.15, 0.2) is 98.5 Å². The summed E-state index contributed by atoms with van der Waals surface area (Å²) in [5.41, 5.74) is 1.41. The van der Waals surface area contributed by atoms with Gasteiger partial charge in [-0.1, -0.05) is 57.9 Å². The lowest BCUT2D eigenvalue weighted by Gasteiger charge is -2.13. The molecule has 0 unspecified atom stereocenters. The van der Waals surface area contributed by atoms with Gasteiger partial charge in [0.2, 0.25) is 0 Å². The third kappa shape index (κ3) is 4.94. The summed E-state index contributed by atoms with van der Waals surface area (Å²) in [6.45, 7) is 1.85. The Morgan fingerprint density at radius 1 is 0.939 bits per heavy atom. The molecule has 0 bridgehead atoms. The number of sulfonamides is 1. The van der Waals surface area contributed by atoms with Gasteiger partial charge in [-0.25, -0.2) is 8.42 Å². The third-order valence-electron chi connectivity index (χ3n) is 4.88. The van der Waals surface area contributed by atoms with Crippen LogP contribution < -0.4 is 4.72 Å². The molecule has 0 aliphatic carbocycles.